The van der Waals surface area contributed by atoms with E-state index in [1.165, 1.54) is 0 Å². The molecule has 1 aromatic heterocycles. The van der Waals surface area contributed by atoms with E-state index >= 15 is 0 Å². The van der Waals surface area contributed by atoms with Gasteiger partial charge >= 0.3 is 5.97 Å². The Morgan fingerprint density at radius 2 is 2.38 bits per heavy atom. The number of nitrogens with one attached hydrogen (secondary N) is 1. The van der Waals surface area contributed by atoms with E-state index in [1.54, 1.807) is 25.6 Å². The topological polar surface area (TPSA) is 90.9 Å². The molecule has 2 N–H and O–H groups in total. The number of carboxylic acids is 1. The Balaban J connectivity index is 2.89. The van der Waals surface area contributed by atoms with Crippen molar-refractivity contribution in [1.29, 1.82) is 5.26 Å². The molecule has 1 heterocycles. The van der Waals surface area contributed by atoms with Crippen LogP contribution < -0.4 is 5.32 Å². The maximum atomic E-state index is 10.5. The van der Waals surface area contributed by atoms with Gasteiger partial charge in [-0.1, -0.05) is 0 Å². The molecule has 0 fully saturated rings. The molecule has 0 spiro atoms. The molecule has 0 aromatic carbocycles. The van der Waals surface area contributed by atoms with E-state index in [-0.39, 0.29) is 12.5 Å². The summed E-state index contributed by atoms with van der Waals surface area (Å²) in [6.07, 6.45) is -0.00486. The van der Waals surface area contributed by atoms with Crippen LogP contribution in [0.3, 0.4) is 0 Å². The number of aromatic nitrogens is 2. The third-order valence-electron chi connectivity index (χ3n) is 2.20. The second-order valence-electron chi connectivity index (χ2n) is 3.69. The lowest BCUT2D eigenvalue weighted by molar-refractivity contribution is -0.137. The van der Waals surface area contributed by atoms with Gasteiger partial charge in [0.1, 0.15) is 17.5 Å². The van der Waals surface area contributed by atoms with Gasteiger partial charge in [-0.15, -0.1) is 0 Å². The zero-order chi connectivity index (χ0) is 12.3. The first-order chi connectivity index (χ1) is 7.45. The molecule has 0 aliphatic carbocycles. The van der Waals surface area contributed by atoms with Crippen molar-refractivity contribution < 1.29 is 9.90 Å². The number of hydrogen-bond acceptors (Lipinski definition) is 4. The number of nitriles is 1. The lowest BCUT2D eigenvalue weighted by Crippen LogP contribution is -2.21. The van der Waals surface area contributed by atoms with E-state index in [4.69, 9.17) is 10.4 Å². The van der Waals surface area contributed by atoms with Gasteiger partial charge in [-0.3, -0.25) is 9.48 Å². The molecule has 86 valence electrons. The van der Waals surface area contributed by atoms with Crippen molar-refractivity contribution in [3.63, 3.8) is 0 Å². The number of aryl methyl sites for hydroxylation is 2. The minimum absolute atomic E-state index is 0.00486. The summed E-state index contributed by atoms with van der Waals surface area (Å²) in [6.45, 7) is 3.49. The van der Waals surface area contributed by atoms with Crippen molar-refractivity contribution in [2.45, 2.75) is 26.3 Å². The van der Waals surface area contributed by atoms with E-state index in [0.29, 0.717) is 17.1 Å². The molecule has 6 heteroatoms. The van der Waals surface area contributed by atoms with E-state index in [9.17, 15) is 4.79 Å². The lowest BCUT2D eigenvalue weighted by Gasteiger charge is -2.13. The third-order valence-corrected chi connectivity index (χ3v) is 2.20. The van der Waals surface area contributed by atoms with Crippen LogP contribution in [0.4, 0.5) is 5.82 Å². The average Bonchev–Trinajstić information content (AvgIpc) is 2.40. The number of aliphatic carboxylic acids is 1. The van der Waals surface area contributed by atoms with Gasteiger partial charge in [0.2, 0.25) is 0 Å². The smallest absolute Gasteiger partial charge is 0.305 e. The molecule has 0 aliphatic heterocycles. The highest BCUT2D eigenvalue weighted by Gasteiger charge is 2.15. The largest absolute Gasteiger partial charge is 0.481 e. The fourth-order valence-corrected chi connectivity index (χ4v) is 1.50. The van der Waals surface area contributed by atoms with Gasteiger partial charge in [-0.25, -0.2) is 0 Å². The van der Waals surface area contributed by atoms with Crippen LogP contribution in [0.5, 0.6) is 0 Å². The Morgan fingerprint density at radius 3 is 2.88 bits per heavy atom. The third kappa shape index (κ3) is 2.51. The summed E-state index contributed by atoms with van der Waals surface area (Å²) in [7, 11) is 1.71. The molecule has 1 aromatic rings. The molecule has 1 atom stereocenters. The molecule has 1 rings (SSSR count). The maximum Gasteiger partial charge on any atom is 0.305 e. The van der Waals surface area contributed by atoms with Crippen molar-refractivity contribution in [3.8, 4) is 6.07 Å². The highest BCUT2D eigenvalue weighted by molar-refractivity contribution is 5.68. The quantitative estimate of drug-likeness (QED) is 0.788. The minimum Gasteiger partial charge on any atom is -0.481 e. The van der Waals surface area contributed by atoms with Gasteiger partial charge in [-0.05, 0) is 13.8 Å². The molecule has 1 unspecified atom stereocenters. The number of carbonyl (C=O) groups is 1. The summed E-state index contributed by atoms with van der Waals surface area (Å²) >= 11 is 0. The molecule has 0 aliphatic rings. The summed E-state index contributed by atoms with van der Waals surface area (Å²) in [6, 6.07) is 1.80. The first-order valence-electron chi connectivity index (χ1n) is 4.87. The lowest BCUT2D eigenvalue weighted by atomic mass is 10.2. The summed E-state index contributed by atoms with van der Waals surface area (Å²) in [5.41, 5.74) is 1.09. The van der Waals surface area contributed by atoms with Crippen molar-refractivity contribution in [2.75, 3.05) is 5.32 Å². The Kier molecular flexibility index (Phi) is 3.51. The van der Waals surface area contributed by atoms with E-state index < -0.39 is 5.97 Å². The Bertz CT molecular complexity index is 444. The van der Waals surface area contributed by atoms with Crippen LogP contribution in [-0.2, 0) is 11.8 Å². The van der Waals surface area contributed by atoms with Gasteiger partial charge in [0, 0.05) is 13.1 Å². The van der Waals surface area contributed by atoms with E-state index in [1.807, 2.05) is 0 Å². The van der Waals surface area contributed by atoms with Crippen molar-refractivity contribution in [2.24, 2.45) is 7.05 Å². The average molecular weight is 222 g/mol. The van der Waals surface area contributed by atoms with Crippen LogP contribution in [-0.4, -0.2) is 26.9 Å². The zero-order valence-corrected chi connectivity index (χ0v) is 9.48. The molecule has 0 bridgehead atoms. The standard InChI is InChI=1S/C10H14N4O2/c1-6(4-9(15)16)12-10-8(5-11)7(2)13-14(10)3/h6,12H,4H2,1-3H3,(H,15,16). The van der Waals surface area contributed by atoms with Gasteiger partial charge in [0.25, 0.3) is 0 Å². The molecule has 16 heavy (non-hydrogen) atoms. The number of rotatable bonds is 4. The van der Waals surface area contributed by atoms with E-state index in [2.05, 4.69) is 16.5 Å². The highest BCUT2D eigenvalue weighted by atomic mass is 16.4. The molecular formula is C10H14N4O2. The summed E-state index contributed by atoms with van der Waals surface area (Å²) < 4.78 is 1.55. The van der Waals surface area contributed by atoms with Crippen molar-refractivity contribution >= 4 is 11.8 Å². The molecule has 0 amide bonds. The molecule has 0 saturated carbocycles. The minimum atomic E-state index is -0.877. The van der Waals surface area contributed by atoms with Gasteiger partial charge in [0.05, 0.1) is 12.1 Å². The Hall–Kier alpha value is -2.03. The number of nitrogens with zero attached hydrogens (tertiary/aromatic N) is 3. The van der Waals surface area contributed by atoms with E-state index in [0.717, 1.165) is 0 Å². The summed E-state index contributed by atoms with van der Waals surface area (Å²) in [5.74, 6) is -0.314. The monoisotopic (exact) mass is 222 g/mol. The maximum absolute atomic E-state index is 10.5. The normalized spacial score (nSPS) is 11.9. The number of carboxylic acid groups (broad SMARTS) is 1. The predicted octanol–water partition coefficient (Wildman–Crippen LogP) is 0.875. The number of anilines is 1. The molecule has 0 radical (unpaired) electrons. The Labute approximate surface area is 93.5 Å². The number of hydrogen-bond donors (Lipinski definition) is 2. The first kappa shape index (κ1) is 12.0. The second kappa shape index (κ2) is 4.66. The molecule has 6 nitrogen and oxygen atoms in total. The van der Waals surface area contributed by atoms with Gasteiger partial charge in [0.15, 0.2) is 0 Å². The fourth-order valence-electron chi connectivity index (χ4n) is 1.50. The van der Waals surface area contributed by atoms with Crippen molar-refractivity contribution in [3.05, 3.63) is 11.3 Å². The van der Waals surface area contributed by atoms with Crippen molar-refractivity contribution in [1.82, 2.24) is 9.78 Å². The Morgan fingerprint density at radius 1 is 1.75 bits per heavy atom. The van der Waals surface area contributed by atoms with Gasteiger partial charge in [-0.2, -0.15) is 10.4 Å². The van der Waals surface area contributed by atoms with Crippen LogP contribution >= 0.6 is 0 Å². The first-order valence-corrected chi connectivity index (χ1v) is 4.87. The van der Waals surface area contributed by atoms with Crippen LogP contribution in [0.1, 0.15) is 24.6 Å². The zero-order valence-electron chi connectivity index (χ0n) is 9.48. The second-order valence-corrected chi connectivity index (χ2v) is 3.69. The molecular weight excluding hydrogens is 208 g/mol. The van der Waals surface area contributed by atoms with Crippen LogP contribution in [0, 0.1) is 18.3 Å². The summed E-state index contributed by atoms with van der Waals surface area (Å²) in [4.78, 5) is 10.5. The molecule has 0 saturated heterocycles. The summed E-state index contributed by atoms with van der Waals surface area (Å²) in [5, 5.41) is 24.7. The SMILES string of the molecule is Cc1nn(C)c(NC(C)CC(=O)O)c1C#N. The van der Waals surface area contributed by atoms with Crippen LogP contribution in [0.2, 0.25) is 0 Å². The fraction of sp³-hybridized carbons (Fsp3) is 0.500. The highest BCUT2D eigenvalue weighted by Crippen LogP contribution is 2.18. The van der Waals surface area contributed by atoms with Crippen LogP contribution in [0.15, 0.2) is 0 Å². The predicted molar refractivity (Wildman–Crippen MR) is 58.0 cm³/mol. The van der Waals surface area contributed by atoms with Gasteiger partial charge < -0.3 is 10.4 Å². The van der Waals surface area contributed by atoms with Crippen LogP contribution in [0.25, 0.3) is 0 Å².